The summed E-state index contributed by atoms with van der Waals surface area (Å²) >= 11 is 0. The van der Waals surface area contributed by atoms with E-state index < -0.39 is 12.7 Å². The molecule has 0 bridgehead atoms. The Bertz CT molecular complexity index is 898. The maximum atomic E-state index is 13.5. The van der Waals surface area contributed by atoms with Gasteiger partial charge in [0, 0.05) is 19.6 Å². The van der Waals surface area contributed by atoms with Crippen molar-refractivity contribution in [3.8, 4) is 0 Å². The van der Waals surface area contributed by atoms with E-state index in [0.29, 0.717) is 25.5 Å². The number of alkyl halides is 3. The zero-order valence-electron chi connectivity index (χ0n) is 16.4. The fourth-order valence-electron chi connectivity index (χ4n) is 4.06. The van der Waals surface area contributed by atoms with Gasteiger partial charge in [-0.2, -0.15) is 13.2 Å². The van der Waals surface area contributed by atoms with Crippen molar-refractivity contribution in [2.45, 2.75) is 25.1 Å². The van der Waals surface area contributed by atoms with Gasteiger partial charge in [-0.25, -0.2) is 9.38 Å². The predicted octanol–water partition coefficient (Wildman–Crippen LogP) is 4.37. The molecule has 4 nitrogen and oxygen atoms in total. The molecule has 0 saturated carbocycles. The van der Waals surface area contributed by atoms with Crippen LogP contribution in [-0.2, 0) is 11.2 Å². The lowest BCUT2D eigenvalue weighted by Crippen LogP contribution is -2.45. The molecule has 1 atom stereocenters. The summed E-state index contributed by atoms with van der Waals surface area (Å²) in [5.74, 6) is -0.322. The summed E-state index contributed by atoms with van der Waals surface area (Å²) in [5.41, 5.74) is 3.13. The van der Waals surface area contributed by atoms with Crippen LogP contribution in [0.15, 0.2) is 53.5 Å². The minimum absolute atomic E-state index is 0.174. The van der Waals surface area contributed by atoms with Gasteiger partial charge in [-0.15, -0.1) is 0 Å². The lowest BCUT2D eigenvalue weighted by Gasteiger charge is -2.40. The third-order valence-electron chi connectivity index (χ3n) is 5.37. The Balaban J connectivity index is 1.63. The van der Waals surface area contributed by atoms with Crippen LogP contribution in [0.3, 0.4) is 0 Å². The van der Waals surface area contributed by atoms with Gasteiger partial charge in [-0.3, -0.25) is 4.90 Å². The third-order valence-corrected chi connectivity index (χ3v) is 5.37. The van der Waals surface area contributed by atoms with E-state index in [-0.39, 0.29) is 25.1 Å². The summed E-state index contributed by atoms with van der Waals surface area (Å²) < 4.78 is 57.8. The first-order chi connectivity index (χ1) is 14.4. The average Bonchev–Trinajstić information content (AvgIpc) is 2.70. The number of halogens is 4. The number of amidine groups is 1. The van der Waals surface area contributed by atoms with E-state index in [0.717, 1.165) is 17.5 Å². The number of rotatable bonds is 2. The Morgan fingerprint density at radius 1 is 1.03 bits per heavy atom. The number of aliphatic imine (C=N–C) groups is 1. The van der Waals surface area contributed by atoms with Crippen molar-refractivity contribution < 1.29 is 22.3 Å². The molecule has 0 radical (unpaired) electrons. The highest BCUT2D eigenvalue weighted by Gasteiger charge is 2.34. The van der Waals surface area contributed by atoms with Crippen LogP contribution in [0.1, 0.15) is 29.2 Å². The minimum Gasteiger partial charge on any atom is -0.449 e. The van der Waals surface area contributed by atoms with Crippen LogP contribution < -0.4 is 0 Å². The van der Waals surface area contributed by atoms with E-state index in [1.165, 1.54) is 22.6 Å². The van der Waals surface area contributed by atoms with Crippen LogP contribution in [0.5, 0.6) is 0 Å². The monoisotopic (exact) mass is 421 g/mol. The summed E-state index contributed by atoms with van der Waals surface area (Å²) in [4.78, 5) is 7.77. The number of hydrogen-bond acceptors (Lipinski definition) is 4. The van der Waals surface area contributed by atoms with Gasteiger partial charge in [-0.1, -0.05) is 36.4 Å². The molecule has 2 aliphatic heterocycles. The zero-order chi connectivity index (χ0) is 21.1. The second-order valence-electron chi connectivity index (χ2n) is 7.56. The van der Waals surface area contributed by atoms with Crippen molar-refractivity contribution in [3.05, 3.63) is 71.0 Å². The molecule has 0 N–H and O–H groups in total. The van der Waals surface area contributed by atoms with Gasteiger partial charge in [0.25, 0.3) is 6.02 Å². The Labute approximate surface area is 172 Å². The summed E-state index contributed by atoms with van der Waals surface area (Å²) in [6.45, 7) is 0.0901. The summed E-state index contributed by atoms with van der Waals surface area (Å²) in [6.07, 6.45) is -2.99. The minimum atomic E-state index is -4.28. The lowest BCUT2D eigenvalue weighted by molar-refractivity contribution is -0.153. The normalized spacial score (nSPS) is 22.3. The molecule has 0 unspecified atom stereocenters. The first-order valence-corrected chi connectivity index (χ1v) is 9.97. The van der Waals surface area contributed by atoms with Crippen molar-refractivity contribution in [1.82, 2.24) is 9.80 Å². The smallest absolute Gasteiger partial charge is 0.401 e. The van der Waals surface area contributed by atoms with E-state index in [9.17, 15) is 17.6 Å². The highest BCUT2D eigenvalue weighted by atomic mass is 19.4. The van der Waals surface area contributed by atoms with Crippen molar-refractivity contribution >= 4 is 6.02 Å². The molecule has 2 aliphatic rings. The summed E-state index contributed by atoms with van der Waals surface area (Å²) in [5, 5.41) is 0. The highest BCUT2D eigenvalue weighted by Crippen LogP contribution is 2.35. The SMILES string of the molecule is Fc1ccc([C@H]2c3ccccc3CCN2/C2=N/CCCN(CC(F)(F)F)CO2)cc1. The van der Waals surface area contributed by atoms with Crippen LogP contribution >= 0.6 is 0 Å². The van der Waals surface area contributed by atoms with E-state index in [4.69, 9.17) is 4.74 Å². The maximum Gasteiger partial charge on any atom is 0.401 e. The fourth-order valence-corrected chi connectivity index (χ4v) is 4.06. The molecule has 2 heterocycles. The average molecular weight is 421 g/mol. The Kier molecular flexibility index (Phi) is 5.94. The molecule has 2 aromatic rings. The first-order valence-electron chi connectivity index (χ1n) is 9.97. The standard InChI is InChI=1S/C22H23F4N3O/c23-18-8-6-17(7-9-18)20-19-5-2-1-4-16(19)10-13-29(20)21-27-11-3-12-28(15-30-21)14-22(24,25)26/h1-2,4-9,20H,3,10-15H2/b27-21-/t20-/m0/s1. The molecular weight excluding hydrogens is 398 g/mol. The van der Waals surface area contributed by atoms with Crippen molar-refractivity contribution in [1.29, 1.82) is 0 Å². The topological polar surface area (TPSA) is 28.1 Å². The molecule has 0 amide bonds. The molecule has 0 aromatic heterocycles. The highest BCUT2D eigenvalue weighted by molar-refractivity contribution is 5.75. The third kappa shape index (κ3) is 4.75. The number of ether oxygens (including phenoxy) is 1. The van der Waals surface area contributed by atoms with Gasteiger partial charge >= 0.3 is 6.18 Å². The van der Waals surface area contributed by atoms with E-state index in [1.807, 2.05) is 23.1 Å². The molecule has 160 valence electrons. The Morgan fingerprint density at radius 3 is 2.57 bits per heavy atom. The molecule has 2 aromatic carbocycles. The zero-order valence-corrected chi connectivity index (χ0v) is 16.4. The first kappa shape index (κ1) is 20.7. The van der Waals surface area contributed by atoms with Gasteiger partial charge in [0.15, 0.2) is 0 Å². The van der Waals surface area contributed by atoms with Crippen LogP contribution in [-0.4, -0.2) is 54.9 Å². The maximum absolute atomic E-state index is 13.5. The number of benzene rings is 2. The van der Waals surface area contributed by atoms with Gasteiger partial charge in [-0.05, 0) is 41.7 Å². The number of hydrogen-bond donors (Lipinski definition) is 0. The van der Waals surface area contributed by atoms with Gasteiger partial charge < -0.3 is 9.64 Å². The number of fused-ring (bicyclic) bond motifs is 1. The van der Waals surface area contributed by atoms with Crippen LogP contribution in [0.2, 0.25) is 0 Å². The van der Waals surface area contributed by atoms with Crippen LogP contribution in [0.25, 0.3) is 0 Å². The summed E-state index contributed by atoms with van der Waals surface area (Å²) in [6, 6.07) is 14.4. The van der Waals surface area contributed by atoms with Crippen molar-refractivity contribution in [2.75, 3.05) is 32.9 Å². The predicted molar refractivity (Wildman–Crippen MR) is 106 cm³/mol. The second-order valence-corrected chi connectivity index (χ2v) is 7.56. The molecule has 0 saturated heterocycles. The van der Waals surface area contributed by atoms with Crippen molar-refractivity contribution in [2.24, 2.45) is 4.99 Å². The quantitative estimate of drug-likeness (QED) is 0.674. The fraction of sp³-hybridized carbons (Fsp3) is 0.409. The lowest BCUT2D eigenvalue weighted by atomic mass is 9.88. The molecule has 4 rings (SSSR count). The van der Waals surface area contributed by atoms with Gasteiger partial charge in [0.05, 0.1) is 12.6 Å². The Hall–Kier alpha value is -2.61. The summed E-state index contributed by atoms with van der Waals surface area (Å²) in [7, 11) is 0. The van der Waals surface area contributed by atoms with E-state index in [2.05, 4.69) is 11.1 Å². The van der Waals surface area contributed by atoms with Gasteiger partial charge in [0.2, 0.25) is 0 Å². The number of nitrogens with zero attached hydrogens (tertiary/aromatic N) is 3. The largest absolute Gasteiger partial charge is 0.449 e. The van der Waals surface area contributed by atoms with Crippen LogP contribution in [0, 0.1) is 5.82 Å². The van der Waals surface area contributed by atoms with Crippen LogP contribution in [0.4, 0.5) is 17.6 Å². The van der Waals surface area contributed by atoms with E-state index in [1.54, 1.807) is 12.1 Å². The molecule has 0 fully saturated rings. The molecular formula is C22H23F4N3O. The molecule has 8 heteroatoms. The van der Waals surface area contributed by atoms with Gasteiger partial charge in [0.1, 0.15) is 12.5 Å². The Morgan fingerprint density at radius 2 is 1.80 bits per heavy atom. The molecule has 0 aliphatic carbocycles. The van der Waals surface area contributed by atoms with E-state index >= 15 is 0 Å². The molecule has 0 spiro atoms. The second kappa shape index (κ2) is 8.63. The van der Waals surface area contributed by atoms with Crippen molar-refractivity contribution in [3.63, 3.8) is 0 Å². The molecule has 30 heavy (non-hydrogen) atoms.